The molecule has 1 saturated heterocycles. The number of carbonyl (C=O) groups excluding carboxylic acids is 1. The average Bonchev–Trinajstić information content (AvgIpc) is 3.18. The predicted octanol–water partition coefficient (Wildman–Crippen LogP) is -0.0266. The molecule has 9 nitrogen and oxygen atoms in total. The molecule has 0 radical (unpaired) electrons. The lowest BCUT2D eigenvalue weighted by atomic mass is 9.91. The Kier molecular flexibility index (Phi) is 4.58. The van der Waals surface area contributed by atoms with Crippen LogP contribution in [0.5, 0.6) is 0 Å². The number of aliphatic imine (C=N–C) groups is 1. The van der Waals surface area contributed by atoms with Crippen LogP contribution in [0.4, 0.5) is 0 Å². The highest BCUT2D eigenvalue weighted by Gasteiger charge is 2.43. The maximum absolute atomic E-state index is 13.2. The predicted molar refractivity (Wildman–Crippen MR) is 89.3 cm³/mol. The van der Waals surface area contributed by atoms with Crippen molar-refractivity contribution in [3.8, 4) is 0 Å². The second kappa shape index (κ2) is 6.41. The second-order valence-corrected chi connectivity index (χ2v) is 8.57. The smallest absolute Gasteiger partial charge is 0.254 e. The fourth-order valence-corrected chi connectivity index (χ4v) is 4.21. The monoisotopic (exact) mass is 370 g/mol. The molecule has 10 heteroatoms. The summed E-state index contributed by atoms with van der Waals surface area (Å²) in [4.78, 5) is 18.6. The van der Waals surface area contributed by atoms with Gasteiger partial charge in [-0.1, -0.05) is 19.0 Å². The quantitative estimate of drug-likeness (QED) is 0.767. The van der Waals surface area contributed by atoms with E-state index >= 15 is 0 Å². The van der Waals surface area contributed by atoms with Crippen molar-refractivity contribution in [1.29, 1.82) is 0 Å². The van der Waals surface area contributed by atoms with Crippen molar-refractivity contribution < 1.29 is 22.8 Å². The minimum atomic E-state index is -3.49. The molecule has 1 aromatic heterocycles. The summed E-state index contributed by atoms with van der Waals surface area (Å²) in [7, 11) is -3.49. The van der Waals surface area contributed by atoms with Gasteiger partial charge >= 0.3 is 0 Å². The third-order valence-electron chi connectivity index (χ3n) is 4.43. The fourth-order valence-electron chi connectivity index (χ4n) is 3.31. The number of nitrogens with one attached hydrogen (secondary N) is 1. The molecule has 2 unspecified atom stereocenters. The summed E-state index contributed by atoms with van der Waals surface area (Å²) in [5.41, 5.74) is 0.680. The van der Waals surface area contributed by atoms with E-state index in [0.29, 0.717) is 11.5 Å². The molecular formula is C15H22N4O5S. The summed E-state index contributed by atoms with van der Waals surface area (Å²) >= 11 is 0. The van der Waals surface area contributed by atoms with Crippen molar-refractivity contribution in [3.05, 3.63) is 17.5 Å². The van der Waals surface area contributed by atoms with Gasteiger partial charge in [0.2, 0.25) is 5.91 Å². The van der Waals surface area contributed by atoms with Gasteiger partial charge in [-0.3, -0.25) is 14.5 Å². The minimum Gasteiger partial charge on any atom is -0.391 e. The number of aliphatic hydroxyl groups is 1. The number of aromatic nitrogens is 1. The Morgan fingerprint density at radius 2 is 2.20 bits per heavy atom. The Hall–Kier alpha value is -1.94. The number of aryl methyl sites for hydroxylation is 1. The van der Waals surface area contributed by atoms with Crippen molar-refractivity contribution in [2.24, 2.45) is 10.9 Å². The molecule has 3 atom stereocenters. The summed E-state index contributed by atoms with van der Waals surface area (Å²) < 4.78 is 30.9. The lowest BCUT2D eigenvalue weighted by Gasteiger charge is -2.29. The van der Waals surface area contributed by atoms with Gasteiger partial charge in [-0.2, -0.15) is 0 Å². The van der Waals surface area contributed by atoms with Crippen molar-refractivity contribution in [2.75, 3.05) is 12.4 Å². The zero-order valence-corrected chi connectivity index (χ0v) is 15.2. The lowest BCUT2D eigenvalue weighted by molar-refractivity contribution is -0.134. The maximum Gasteiger partial charge on any atom is 0.254 e. The van der Waals surface area contributed by atoms with Crippen molar-refractivity contribution in [3.63, 3.8) is 0 Å². The van der Waals surface area contributed by atoms with Gasteiger partial charge in [0.25, 0.3) is 10.0 Å². The Morgan fingerprint density at radius 1 is 1.48 bits per heavy atom. The van der Waals surface area contributed by atoms with Crippen LogP contribution in [0.15, 0.2) is 15.6 Å². The van der Waals surface area contributed by atoms with E-state index in [4.69, 9.17) is 4.52 Å². The molecule has 1 amide bonds. The van der Waals surface area contributed by atoms with Crippen LogP contribution in [0.2, 0.25) is 0 Å². The number of nitrogens with zero attached hydrogens (tertiary/aromatic N) is 3. The zero-order chi connectivity index (χ0) is 18.4. The van der Waals surface area contributed by atoms with Crippen molar-refractivity contribution >= 4 is 21.8 Å². The summed E-state index contributed by atoms with van der Waals surface area (Å²) in [5, 5.41) is 13.9. The highest BCUT2D eigenvalue weighted by Crippen LogP contribution is 2.31. The van der Waals surface area contributed by atoms with Gasteiger partial charge in [0.05, 0.1) is 17.8 Å². The van der Waals surface area contributed by atoms with E-state index in [-0.39, 0.29) is 36.5 Å². The largest absolute Gasteiger partial charge is 0.391 e. The van der Waals surface area contributed by atoms with Crippen molar-refractivity contribution in [2.45, 2.75) is 45.3 Å². The molecule has 3 rings (SSSR count). The van der Waals surface area contributed by atoms with E-state index in [0.717, 1.165) is 0 Å². The molecule has 3 heterocycles. The normalized spacial score (nSPS) is 26.6. The van der Waals surface area contributed by atoms with E-state index in [9.17, 15) is 18.3 Å². The van der Waals surface area contributed by atoms with E-state index < -0.39 is 28.1 Å². The summed E-state index contributed by atoms with van der Waals surface area (Å²) in [5.74, 6) is -0.534. The van der Waals surface area contributed by atoms with Gasteiger partial charge < -0.3 is 14.5 Å². The number of rotatable bonds is 4. The number of aliphatic hydroxyl groups excluding tert-OH is 1. The van der Waals surface area contributed by atoms with Crippen LogP contribution in [0.3, 0.4) is 0 Å². The number of amidine groups is 1. The fraction of sp³-hybridized carbons (Fsp3) is 0.667. The molecule has 2 N–H and O–H groups in total. The number of amides is 1. The highest BCUT2D eigenvalue weighted by atomic mass is 32.2. The van der Waals surface area contributed by atoms with Gasteiger partial charge in [-0.25, -0.2) is 8.42 Å². The third kappa shape index (κ3) is 3.54. The van der Waals surface area contributed by atoms with Gasteiger partial charge in [0, 0.05) is 19.0 Å². The molecule has 0 aromatic carbocycles. The first kappa shape index (κ1) is 17.9. The second-order valence-electron chi connectivity index (χ2n) is 6.88. The molecule has 0 bridgehead atoms. The van der Waals surface area contributed by atoms with Crippen LogP contribution in [0.25, 0.3) is 0 Å². The van der Waals surface area contributed by atoms with Crippen molar-refractivity contribution in [1.82, 2.24) is 14.8 Å². The minimum absolute atomic E-state index is 0.0551. The molecule has 0 saturated carbocycles. The average molecular weight is 370 g/mol. The SMILES string of the molecule is Cc1cc(C(C(=O)N2C[C@H](O)CC2C2=NCS(=O)(=O)N2)C(C)C)on1. The lowest BCUT2D eigenvalue weighted by Crippen LogP contribution is -2.47. The van der Waals surface area contributed by atoms with E-state index in [1.165, 1.54) is 4.90 Å². The summed E-state index contributed by atoms with van der Waals surface area (Å²) in [6.45, 7) is 5.70. The zero-order valence-electron chi connectivity index (χ0n) is 14.3. The molecule has 2 aliphatic heterocycles. The van der Waals surface area contributed by atoms with Crippen LogP contribution in [0.1, 0.15) is 37.6 Å². The van der Waals surface area contributed by atoms with Crippen LogP contribution >= 0.6 is 0 Å². The third-order valence-corrected chi connectivity index (χ3v) is 5.42. The molecule has 1 aromatic rings. The number of sulfonamides is 1. The topological polar surface area (TPSA) is 125 Å². The number of likely N-dealkylation sites (tertiary alicyclic amines) is 1. The van der Waals surface area contributed by atoms with Gasteiger partial charge in [0.1, 0.15) is 17.5 Å². The molecule has 0 aliphatic carbocycles. The molecule has 138 valence electrons. The Balaban J connectivity index is 1.88. The first-order valence-electron chi connectivity index (χ1n) is 8.14. The maximum atomic E-state index is 13.2. The van der Waals surface area contributed by atoms with Gasteiger partial charge in [-0.05, 0) is 12.8 Å². The molecule has 2 aliphatic rings. The standard InChI is InChI=1S/C15H22N4O5S/c1-8(2)13(12-4-9(3)17-24-12)15(21)19-6-10(20)5-11(19)14-16-7-25(22,23)18-14/h4,8,10-11,13,20H,5-7H2,1-3H3,(H,16,18)/t10-,11?,13?/m1/s1. The Morgan fingerprint density at radius 3 is 2.72 bits per heavy atom. The van der Waals surface area contributed by atoms with E-state index in [1.807, 2.05) is 13.8 Å². The van der Waals surface area contributed by atoms with Gasteiger partial charge in [-0.15, -0.1) is 0 Å². The van der Waals surface area contributed by atoms with E-state index in [2.05, 4.69) is 14.9 Å². The molecule has 0 spiro atoms. The van der Waals surface area contributed by atoms with Crippen LogP contribution in [-0.4, -0.2) is 59.9 Å². The van der Waals surface area contributed by atoms with Crippen LogP contribution in [0, 0.1) is 12.8 Å². The molecular weight excluding hydrogens is 348 g/mol. The Labute approximate surface area is 146 Å². The number of β-amino-alcohol motifs (C(OH)–C–C–N with tert-alkyl or cyclic N) is 1. The first-order chi connectivity index (χ1) is 11.7. The summed E-state index contributed by atoms with van der Waals surface area (Å²) in [6, 6.07) is 1.13. The van der Waals surface area contributed by atoms with Gasteiger partial charge in [0.15, 0.2) is 5.88 Å². The van der Waals surface area contributed by atoms with E-state index in [1.54, 1.807) is 13.0 Å². The molecule has 1 fully saturated rings. The number of hydrogen-bond acceptors (Lipinski definition) is 7. The number of hydrogen-bond donors (Lipinski definition) is 2. The summed E-state index contributed by atoms with van der Waals surface area (Å²) in [6.07, 6.45) is -0.487. The highest BCUT2D eigenvalue weighted by molar-refractivity contribution is 7.90. The Bertz CT molecular complexity index is 801. The number of carbonyl (C=O) groups is 1. The molecule has 25 heavy (non-hydrogen) atoms. The van der Waals surface area contributed by atoms with Crippen LogP contribution < -0.4 is 4.72 Å². The van der Waals surface area contributed by atoms with Crippen LogP contribution in [-0.2, 0) is 14.8 Å². The first-order valence-corrected chi connectivity index (χ1v) is 9.80.